The lowest BCUT2D eigenvalue weighted by molar-refractivity contribution is -0.115. The molecule has 1 N–H and O–H groups in total. The molecule has 6 rings (SSSR count). The molecular weight excluding hydrogens is 521 g/mol. The molecule has 0 bridgehead atoms. The summed E-state index contributed by atoms with van der Waals surface area (Å²) in [4.78, 5) is 22.1. The van der Waals surface area contributed by atoms with E-state index in [9.17, 15) is 4.79 Å². The number of nitrogens with one attached hydrogen (secondary N) is 1. The fourth-order valence-corrected chi connectivity index (χ4v) is 5.97. The molecule has 0 saturated heterocycles. The van der Waals surface area contributed by atoms with E-state index < -0.39 is 5.25 Å². The Balaban J connectivity index is 1.19. The highest BCUT2D eigenvalue weighted by molar-refractivity contribution is 8.00. The van der Waals surface area contributed by atoms with Crippen molar-refractivity contribution in [2.75, 3.05) is 5.32 Å². The number of hydrogen-bond acceptors (Lipinski definition) is 7. The second kappa shape index (κ2) is 8.87. The van der Waals surface area contributed by atoms with Crippen LogP contribution in [0.15, 0.2) is 65.1 Å². The molecule has 10 heteroatoms. The van der Waals surface area contributed by atoms with E-state index in [1.54, 1.807) is 25.1 Å². The molecular formula is C25H15Cl2N5OS2. The average molecular weight is 536 g/mol. The minimum Gasteiger partial charge on any atom is -0.301 e. The summed E-state index contributed by atoms with van der Waals surface area (Å²) in [5.41, 5.74) is 5.07. The van der Waals surface area contributed by atoms with Gasteiger partial charge < -0.3 is 5.32 Å². The quantitative estimate of drug-likeness (QED) is 0.234. The van der Waals surface area contributed by atoms with Crippen LogP contribution >= 0.6 is 46.3 Å². The third-order valence-corrected chi connectivity index (χ3v) is 7.93. The summed E-state index contributed by atoms with van der Waals surface area (Å²) in [6, 6.07) is 17.5. The van der Waals surface area contributed by atoms with Crippen LogP contribution in [0.3, 0.4) is 0 Å². The predicted molar refractivity (Wildman–Crippen MR) is 143 cm³/mol. The zero-order chi connectivity index (χ0) is 24.1. The monoisotopic (exact) mass is 535 g/mol. The molecule has 0 saturated carbocycles. The molecule has 0 fully saturated rings. The Bertz CT molecular complexity index is 1630. The maximum Gasteiger partial charge on any atom is 0.239 e. The molecule has 0 aliphatic heterocycles. The van der Waals surface area contributed by atoms with Crippen LogP contribution in [-0.4, -0.2) is 31.3 Å². The number of carbonyl (C=O) groups excluding carboxylic acids is 1. The number of thioether (sulfide) groups is 1. The van der Waals surface area contributed by atoms with Crippen molar-refractivity contribution in [1.82, 2.24) is 20.2 Å². The van der Waals surface area contributed by atoms with Gasteiger partial charge >= 0.3 is 0 Å². The largest absolute Gasteiger partial charge is 0.301 e. The molecule has 6 nitrogen and oxygen atoms in total. The highest BCUT2D eigenvalue weighted by Gasteiger charge is 2.26. The van der Waals surface area contributed by atoms with Gasteiger partial charge in [0.1, 0.15) is 11.4 Å². The first-order chi connectivity index (χ1) is 17.0. The van der Waals surface area contributed by atoms with E-state index in [4.69, 9.17) is 28.2 Å². The molecule has 3 aromatic carbocycles. The van der Waals surface area contributed by atoms with E-state index in [1.807, 2.05) is 29.6 Å². The van der Waals surface area contributed by atoms with Crippen molar-refractivity contribution in [2.24, 2.45) is 0 Å². The van der Waals surface area contributed by atoms with E-state index in [0.29, 0.717) is 26.0 Å². The molecule has 1 aliphatic carbocycles. The van der Waals surface area contributed by atoms with Gasteiger partial charge in [-0.2, -0.15) is 0 Å². The topological polar surface area (TPSA) is 80.7 Å². The minimum atomic E-state index is -0.458. The molecule has 35 heavy (non-hydrogen) atoms. The van der Waals surface area contributed by atoms with Crippen LogP contribution in [-0.2, 0) is 4.79 Å². The highest BCUT2D eigenvalue weighted by Crippen LogP contribution is 2.45. The number of amides is 1. The Morgan fingerprint density at radius 2 is 1.74 bits per heavy atom. The Hall–Kier alpha value is -3.04. The zero-order valence-electron chi connectivity index (χ0n) is 18.1. The van der Waals surface area contributed by atoms with Gasteiger partial charge in [-0.15, -0.1) is 21.5 Å². The minimum absolute atomic E-state index is 0.201. The number of thiazole rings is 1. The molecule has 2 aromatic heterocycles. The second-order valence-corrected chi connectivity index (χ2v) is 10.9. The number of benzene rings is 3. The third kappa shape index (κ3) is 4.06. The Morgan fingerprint density at radius 3 is 2.51 bits per heavy atom. The predicted octanol–water partition coefficient (Wildman–Crippen LogP) is 7.22. The van der Waals surface area contributed by atoms with Gasteiger partial charge in [0, 0.05) is 32.5 Å². The van der Waals surface area contributed by atoms with Crippen molar-refractivity contribution in [3.05, 3.63) is 70.0 Å². The van der Waals surface area contributed by atoms with Crippen molar-refractivity contribution in [2.45, 2.75) is 17.3 Å². The molecule has 5 aromatic rings. The number of fused-ring (bicyclic) bond motifs is 3. The second-order valence-electron chi connectivity index (χ2n) is 7.91. The van der Waals surface area contributed by atoms with Crippen molar-refractivity contribution < 1.29 is 4.79 Å². The Labute approximate surface area is 218 Å². The number of hydrogen-bond donors (Lipinski definition) is 1. The van der Waals surface area contributed by atoms with Crippen molar-refractivity contribution >= 4 is 68.1 Å². The summed E-state index contributed by atoms with van der Waals surface area (Å²) in [6.45, 7) is 1.80. The van der Waals surface area contributed by atoms with Gasteiger partial charge in [-0.05, 0) is 30.5 Å². The van der Waals surface area contributed by atoms with Gasteiger partial charge in [0.2, 0.25) is 11.1 Å². The fraction of sp³-hybridized carbons (Fsp3) is 0.0800. The van der Waals surface area contributed by atoms with E-state index in [-0.39, 0.29) is 5.91 Å². The highest BCUT2D eigenvalue weighted by atomic mass is 35.5. The number of rotatable bonds is 5. The summed E-state index contributed by atoms with van der Waals surface area (Å²) in [5.74, 6) is -0.201. The van der Waals surface area contributed by atoms with E-state index in [2.05, 4.69) is 32.6 Å². The van der Waals surface area contributed by atoms with E-state index in [1.165, 1.54) is 23.1 Å². The van der Waals surface area contributed by atoms with Crippen molar-refractivity contribution in [3.8, 4) is 33.8 Å². The average Bonchev–Trinajstić information content (AvgIpc) is 3.43. The third-order valence-electron chi connectivity index (χ3n) is 5.68. The standard InChI is InChI=1S/C25H15Cl2N5OS2/c1-12(23(33)30-24-28-19(11-34-24)15-9-8-14(26)10-18(15)27)35-25-29-21-16-6-2-4-13-5-3-7-17(20(13)16)22(21)31-32-25/h2-12H,1H3,(H,28,30,33). The smallest absolute Gasteiger partial charge is 0.239 e. The molecule has 1 atom stereocenters. The fourth-order valence-electron chi connectivity index (χ4n) is 4.04. The van der Waals surface area contributed by atoms with E-state index >= 15 is 0 Å². The number of nitrogens with zero attached hydrogens (tertiary/aromatic N) is 4. The maximum absolute atomic E-state index is 12.9. The van der Waals surface area contributed by atoms with E-state index in [0.717, 1.165) is 38.9 Å². The van der Waals surface area contributed by atoms with Gasteiger partial charge in [-0.3, -0.25) is 4.79 Å². The summed E-state index contributed by atoms with van der Waals surface area (Å²) in [6.07, 6.45) is 0. The first-order valence-electron chi connectivity index (χ1n) is 10.6. The lowest BCUT2D eigenvalue weighted by Crippen LogP contribution is -2.22. The number of halogens is 2. The molecule has 1 aliphatic rings. The summed E-state index contributed by atoms with van der Waals surface area (Å²) >= 11 is 14.8. The van der Waals surface area contributed by atoms with Crippen LogP contribution in [0.1, 0.15) is 6.92 Å². The molecule has 1 unspecified atom stereocenters. The van der Waals surface area contributed by atoms with Crippen LogP contribution in [0.2, 0.25) is 10.0 Å². The van der Waals surface area contributed by atoms with Gasteiger partial charge in [-0.1, -0.05) is 71.4 Å². The molecule has 172 valence electrons. The normalized spacial score (nSPS) is 12.5. The zero-order valence-corrected chi connectivity index (χ0v) is 21.3. The number of anilines is 1. The lowest BCUT2D eigenvalue weighted by Gasteiger charge is -2.10. The SMILES string of the molecule is CC(Sc1nnc2c(n1)-c1cccc3cccc-2c13)C(=O)Nc1nc(-c2ccc(Cl)cc2Cl)cs1. The molecule has 0 radical (unpaired) electrons. The van der Waals surface area contributed by atoms with Crippen LogP contribution in [0.4, 0.5) is 5.13 Å². The summed E-state index contributed by atoms with van der Waals surface area (Å²) in [7, 11) is 0. The summed E-state index contributed by atoms with van der Waals surface area (Å²) in [5, 5.41) is 17.3. The Kier molecular flexibility index (Phi) is 5.69. The van der Waals surface area contributed by atoms with Gasteiger partial charge in [-0.25, -0.2) is 9.97 Å². The number of aromatic nitrogens is 4. The van der Waals surface area contributed by atoms with Gasteiger partial charge in [0.15, 0.2) is 5.13 Å². The van der Waals surface area contributed by atoms with Crippen molar-refractivity contribution in [3.63, 3.8) is 0 Å². The first-order valence-corrected chi connectivity index (χ1v) is 13.1. The van der Waals surface area contributed by atoms with Gasteiger partial charge in [0.05, 0.1) is 16.0 Å². The van der Waals surface area contributed by atoms with Crippen LogP contribution in [0.25, 0.3) is 44.5 Å². The lowest BCUT2D eigenvalue weighted by atomic mass is 10.0. The molecule has 1 amide bonds. The number of carbonyl (C=O) groups is 1. The first kappa shape index (κ1) is 22.4. The van der Waals surface area contributed by atoms with Crippen LogP contribution in [0, 0.1) is 0 Å². The molecule has 2 heterocycles. The molecule has 0 spiro atoms. The van der Waals surface area contributed by atoms with Gasteiger partial charge in [0.25, 0.3) is 0 Å². The van der Waals surface area contributed by atoms with Crippen LogP contribution < -0.4 is 5.32 Å². The Morgan fingerprint density at radius 1 is 0.971 bits per heavy atom. The maximum atomic E-state index is 12.9. The summed E-state index contributed by atoms with van der Waals surface area (Å²) < 4.78 is 0. The van der Waals surface area contributed by atoms with Crippen LogP contribution in [0.5, 0.6) is 0 Å². The van der Waals surface area contributed by atoms with Crippen molar-refractivity contribution in [1.29, 1.82) is 0 Å².